The van der Waals surface area contributed by atoms with Crippen molar-refractivity contribution < 1.29 is 4.39 Å². The van der Waals surface area contributed by atoms with Crippen LogP contribution in [0, 0.1) is 5.82 Å². The first kappa shape index (κ1) is 12.1. The van der Waals surface area contributed by atoms with E-state index in [0.29, 0.717) is 29.0 Å². The van der Waals surface area contributed by atoms with Gasteiger partial charge >= 0.3 is 0 Å². The largest absolute Gasteiger partial charge is 0.330 e. The standard InChI is InChI=1S/C10H11BrFN5/c11-7-2-3-8(9(12)6-7)10-14-15-16-17(10)5-1-4-13/h2-3,6H,1,4-5,13H2. The van der Waals surface area contributed by atoms with E-state index in [1.807, 2.05) is 0 Å². The lowest BCUT2D eigenvalue weighted by molar-refractivity contribution is 0.565. The number of hydrogen-bond acceptors (Lipinski definition) is 4. The zero-order valence-corrected chi connectivity index (χ0v) is 10.6. The van der Waals surface area contributed by atoms with Crippen molar-refractivity contribution in [3.8, 4) is 11.4 Å². The van der Waals surface area contributed by atoms with Gasteiger partial charge in [-0.05, 0) is 41.6 Å². The minimum atomic E-state index is -0.358. The van der Waals surface area contributed by atoms with Crippen LogP contribution in [-0.2, 0) is 6.54 Å². The molecule has 0 radical (unpaired) electrons. The number of aromatic nitrogens is 4. The van der Waals surface area contributed by atoms with Crippen LogP contribution in [0.4, 0.5) is 4.39 Å². The van der Waals surface area contributed by atoms with Gasteiger partial charge in [-0.15, -0.1) is 5.10 Å². The maximum Gasteiger partial charge on any atom is 0.184 e. The van der Waals surface area contributed by atoms with E-state index in [1.165, 1.54) is 6.07 Å². The predicted molar refractivity (Wildman–Crippen MR) is 64.6 cm³/mol. The van der Waals surface area contributed by atoms with Gasteiger partial charge in [-0.3, -0.25) is 0 Å². The molecule has 0 fully saturated rings. The molecule has 5 nitrogen and oxygen atoms in total. The molecular formula is C10H11BrFN5. The van der Waals surface area contributed by atoms with E-state index in [1.54, 1.807) is 16.8 Å². The van der Waals surface area contributed by atoms with Crippen LogP contribution in [0.1, 0.15) is 6.42 Å². The molecule has 1 aromatic heterocycles. The zero-order chi connectivity index (χ0) is 12.3. The van der Waals surface area contributed by atoms with E-state index in [2.05, 4.69) is 31.5 Å². The first-order valence-electron chi connectivity index (χ1n) is 5.14. The molecule has 90 valence electrons. The van der Waals surface area contributed by atoms with Gasteiger partial charge in [-0.1, -0.05) is 15.9 Å². The zero-order valence-electron chi connectivity index (χ0n) is 8.98. The number of aryl methyl sites for hydroxylation is 1. The van der Waals surface area contributed by atoms with E-state index in [-0.39, 0.29) is 5.82 Å². The molecule has 0 atom stereocenters. The summed E-state index contributed by atoms with van der Waals surface area (Å²) in [5, 5.41) is 11.2. The van der Waals surface area contributed by atoms with Crippen LogP contribution in [0.2, 0.25) is 0 Å². The summed E-state index contributed by atoms with van der Waals surface area (Å²) in [7, 11) is 0. The number of nitrogens with zero attached hydrogens (tertiary/aromatic N) is 4. The molecule has 0 aliphatic heterocycles. The quantitative estimate of drug-likeness (QED) is 0.931. The Morgan fingerprint density at radius 2 is 2.24 bits per heavy atom. The molecule has 0 unspecified atom stereocenters. The SMILES string of the molecule is NCCCn1nnnc1-c1ccc(Br)cc1F. The highest BCUT2D eigenvalue weighted by Crippen LogP contribution is 2.23. The maximum atomic E-state index is 13.8. The number of halogens is 2. The average molecular weight is 300 g/mol. The third-order valence-corrected chi connectivity index (χ3v) is 2.77. The summed E-state index contributed by atoms with van der Waals surface area (Å²) in [6, 6.07) is 4.78. The van der Waals surface area contributed by atoms with Crippen LogP contribution in [-0.4, -0.2) is 26.8 Å². The summed E-state index contributed by atoms with van der Waals surface area (Å²) in [6.45, 7) is 1.12. The van der Waals surface area contributed by atoms with Gasteiger partial charge in [0.2, 0.25) is 0 Å². The maximum absolute atomic E-state index is 13.8. The Hall–Kier alpha value is -1.34. The topological polar surface area (TPSA) is 69.6 Å². The predicted octanol–water partition coefficient (Wildman–Crippen LogP) is 1.59. The number of benzene rings is 1. The Bertz CT molecular complexity index is 513. The second-order valence-electron chi connectivity index (χ2n) is 3.49. The molecule has 0 aliphatic carbocycles. The number of rotatable bonds is 4. The second kappa shape index (κ2) is 5.33. The van der Waals surface area contributed by atoms with Crippen molar-refractivity contribution in [2.75, 3.05) is 6.54 Å². The van der Waals surface area contributed by atoms with Gasteiger partial charge in [0.15, 0.2) is 5.82 Å². The highest BCUT2D eigenvalue weighted by Gasteiger charge is 2.13. The molecule has 0 amide bonds. The normalized spacial score (nSPS) is 10.8. The molecule has 17 heavy (non-hydrogen) atoms. The Morgan fingerprint density at radius 3 is 2.94 bits per heavy atom. The van der Waals surface area contributed by atoms with E-state index in [4.69, 9.17) is 5.73 Å². The van der Waals surface area contributed by atoms with Crippen LogP contribution < -0.4 is 5.73 Å². The van der Waals surface area contributed by atoms with Crippen molar-refractivity contribution in [3.05, 3.63) is 28.5 Å². The van der Waals surface area contributed by atoms with Gasteiger partial charge in [0.05, 0.1) is 5.56 Å². The van der Waals surface area contributed by atoms with Crippen molar-refractivity contribution in [1.29, 1.82) is 0 Å². The molecule has 2 N–H and O–H groups in total. The fourth-order valence-corrected chi connectivity index (χ4v) is 1.79. The molecule has 2 rings (SSSR count). The van der Waals surface area contributed by atoms with Crippen LogP contribution in [0.3, 0.4) is 0 Å². The van der Waals surface area contributed by atoms with Crippen molar-refractivity contribution in [3.63, 3.8) is 0 Å². The molecule has 0 saturated carbocycles. The molecule has 7 heteroatoms. The summed E-state index contributed by atoms with van der Waals surface area (Å²) in [4.78, 5) is 0. The minimum absolute atomic E-state index is 0.358. The van der Waals surface area contributed by atoms with Crippen LogP contribution >= 0.6 is 15.9 Å². The first-order chi connectivity index (χ1) is 8.22. The van der Waals surface area contributed by atoms with Gasteiger partial charge in [0, 0.05) is 11.0 Å². The monoisotopic (exact) mass is 299 g/mol. The van der Waals surface area contributed by atoms with Crippen molar-refractivity contribution in [2.45, 2.75) is 13.0 Å². The van der Waals surface area contributed by atoms with Crippen molar-refractivity contribution in [2.24, 2.45) is 5.73 Å². The van der Waals surface area contributed by atoms with Crippen molar-refractivity contribution >= 4 is 15.9 Å². The van der Waals surface area contributed by atoms with Crippen LogP contribution in [0.25, 0.3) is 11.4 Å². The summed E-state index contributed by atoms with van der Waals surface area (Å²) in [5.41, 5.74) is 5.81. The molecule has 1 heterocycles. The summed E-state index contributed by atoms with van der Waals surface area (Å²) in [5.74, 6) is 0.0617. The van der Waals surface area contributed by atoms with Gasteiger partial charge in [-0.2, -0.15) is 0 Å². The fourth-order valence-electron chi connectivity index (χ4n) is 1.46. The Labute approximate surface area is 106 Å². The minimum Gasteiger partial charge on any atom is -0.330 e. The molecule has 1 aromatic carbocycles. The summed E-state index contributed by atoms with van der Waals surface area (Å²) >= 11 is 3.21. The summed E-state index contributed by atoms with van der Waals surface area (Å²) < 4.78 is 16.0. The third-order valence-electron chi connectivity index (χ3n) is 2.28. The van der Waals surface area contributed by atoms with Crippen LogP contribution in [0.5, 0.6) is 0 Å². The number of hydrogen-bond donors (Lipinski definition) is 1. The lowest BCUT2D eigenvalue weighted by Crippen LogP contribution is -2.08. The van der Waals surface area contributed by atoms with Gasteiger partial charge in [0.25, 0.3) is 0 Å². The second-order valence-corrected chi connectivity index (χ2v) is 4.41. The van der Waals surface area contributed by atoms with E-state index in [0.717, 1.165) is 6.42 Å². The average Bonchev–Trinajstić information content (AvgIpc) is 2.74. The molecule has 2 aromatic rings. The highest BCUT2D eigenvalue weighted by atomic mass is 79.9. The van der Waals surface area contributed by atoms with E-state index in [9.17, 15) is 4.39 Å². The van der Waals surface area contributed by atoms with Crippen LogP contribution in [0.15, 0.2) is 22.7 Å². The Balaban J connectivity index is 2.35. The van der Waals surface area contributed by atoms with E-state index < -0.39 is 0 Å². The molecular weight excluding hydrogens is 289 g/mol. The van der Waals surface area contributed by atoms with E-state index >= 15 is 0 Å². The molecule has 0 aliphatic rings. The summed E-state index contributed by atoms with van der Waals surface area (Å²) in [6.07, 6.45) is 0.746. The van der Waals surface area contributed by atoms with Crippen molar-refractivity contribution in [1.82, 2.24) is 20.2 Å². The third kappa shape index (κ3) is 2.67. The molecule has 0 spiro atoms. The van der Waals surface area contributed by atoms with Gasteiger partial charge in [0.1, 0.15) is 5.82 Å². The molecule has 0 saturated heterocycles. The smallest absolute Gasteiger partial charge is 0.184 e. The first-order valence-corrected chi connectivity index (χ1v) is 5.93. The molecule has 0 bridgehead atoms. The van der Waals surface area contributed by atoms with Gasteiger partial charge in [-0.25, -0.2) is 9.07 Å². The fraction of sp³-hybridized carbons (Fsp3) is 0.300. The lowest BCUT2D eigenvalue weighted by atomic mass is 10.2. The number of nitrogens with two attached hydrogens (primary N) is 1. The van der Waals surface area contributed by atoms with Gasteiger partial charge < -0.3 is 5.73 Å². The number of tetrazole rings is 1. The Morgan fingerprint density at radius 1 is 1.41 bits per heavy atom. The lowest BCUT2D eigenvalue weighted by Gasteiger charge is -2.04. The highest BCUT2D eigenvalue weighted by molar-refractivity contribution is 9.10. The Kier molecular flexibility index (Phi) is 3.80.